The van der Waals surface area contributed by atoms with Crippen LogP contribution < -0.4 is 5.73 Å². The molecule has 0 aliphatic carbocycles. The monoisotopic (exact) mass is 283 g/mol. The lowest BCUT2D eigenvalue weighted by molar-refractivity contribution is 0.357. The Morgan fingerprint density at radius 2 is 1.00 bits per heavy atom. The second-order valence-corrected chi connectivity index (χ2v) is 6.87. The summed E-state index contributed by atoms with van der Waals surface area (Å²) in [6.45, 7) is 7.78. The molecule has 0 saturated carbocycles. The fraction of sp³-hybridized carbons (Fsp3) is 1.00. The van der Waals surface area contributed by atoms with Gasteiger partial charge in [-0.3, -0.25) is 0 Å². The molecular formula is C19H41N. The molecule has 0 radical (unpaired) electrons. The molecule has 0 heterocycles. The van der Waals surface area contributed by atoms with Crippen LogP contribution in [0.3, 0.4) is 0 Å². The van der Waals surface area contributed by atoms with E-state index < -0.39 is 0 Å². The van der Waals surface area contributed by atoms with Gasteiger partial charge in [0.2, 0.25) is 0 Å². The van der Waals surface area contributed by atoms with E-state index in [4.69, 9.17) is 5.73 Å². The highest BCUT2D eigenvalue weighted by Crippen LogP contribution is 2.18. The number of hydrogen-bond acceptors (Lipinski definition) is 1. The van der Waals surface area contributed by atoms with Gasteiger partial charge in [-0.05, 0) is 18.4 Å². The van der Waals surface area contributed by atoms with Gasteiger partial charge in [0.1, 0.15) is 0 Å². The summed E-state index contributed by atoms with van der Waals surface area (Å²) in [6.07, 6.45) is 18.7. The van der Waals surface area contributed by atoms with Crippen molar-refractivity contribution in [3.05, 3.63) is 0 Å². The Bertz CT molecular complexity index is 179. The van der Waals surface area contributed by atoms with E-state index in [9.17, 15) is 0 Å². The average Bonchev–Trinajstić information content (AvgIpc) is 2.47. The topological polar surface area (TPSA) is 26.0 Å². The van der Waals surface area contributed by atoms with Crippen molar-refractivity contribution < 1.29 is 0 Å². The Kier molecular flexibility index (Phi) is 15.3. The van der Waals surface area contributed by atoms with Crippen LogP contribution in [-0.4, -0.2) is 6.54 Å². The third-order valence-electron chi connectivity index (χ3n) is 4.86. The summed E-state index contributed by atoms with van der Waals surface area (Å²) in [4.78, 5) is 0. The lowest BCUT2D eigenvalue weighted by Crippen LogP contribution is -2.18. The first kappa shape index (κ1) is 20.0. The van der Waals surface area contributed by atoms with Gasteiger partial charge >= 0.3 is 0 Å². The van der Waals surface area contributed by atoms with Gasteiger partial charge in [0.05, 0.1) is 0 Å². The van der Waals surface area contributed by atoms with Crippen molar-refractivity contribution in [1.82, 2.24) is 0 Å². The van der Waals surface area contributed by atoms with Crippen LogP contribution >= 0.6 is 0 Å². The maximum atomic E-state index is 5.71. The molecule has 2 atom stereocenters. The minimum Gasteiger partial charge on any atom is -0.330 e. The molecule has 1 nitrogen and oxygen atoms in total. The Labute approximate surface area is 129 Å². The third-order valence-corrected chi connectivity index (χ3v) is 4.86. The van der Waals surface area contributed by atoms with Gasteiger partial charge in [0.25, 0.3) is 0 Å². The van der Waals surface area contributed by atoms with E-state index in [-0.39, 0.29) is 0 Å². The van der Waals surface area contributed by atoms with Crippen LogP contribution in [0.2, 0.25) is 0 Å². The van der Waals surface area contributed by atoms with E-state index in [1.54, 1.807) is 0 Å². The van der Waals surface area contributed by atoms with Crippen molar-refractivity contribution in [1.29, 1.82) is 0 Å². The van der Waals surface area contributed by atoms with Crippen molar-refractivity contribution >= 4 is 0 Å². The van der Waals surface area contributed by atoms with Crippen LogP contribution in [0.15, 0.2) is 0 Å². The van der Waals surface area contributed by atoms with E-state index in [0.717, 1.165) is 12.5 Å². The molecule has 0 aromatic heterocycles. The quantitative estimate of drug-likeness (QED) is 0.350. The molecular weight excluding hydrogens is 242 g/mol. The molecule has 0 rings (SSSR count). The predicted molar refractivity (Wildman–Crippen MR) is 93.1 cm³/mol. The second-order valence-electron chi connectivity index (χ2n) is 6.87. The Balaban J connectivity index is 3.10. The standard InChI is InChI=1S/C19H41N/c1-4-5-6-7-8-9-10-11-12-13-14-15-16-18(2)19(3)17-20/h18-19H,4-17,20H2,1-3H3. The van der Waals surface area contributed by atoms with E-state index in [1.165, 1.54) is 83.5 Å². The number of unbranched alkanes of at least 4 members (excludes halogenated alkanes) is 11. The van der Waals surface area contributed by atoms with Crippen molar-refractivity contribution in [2.24, 2.45) is 17.6 Å². The first-order valence-electron chi connectivity index (χ1n) is 9.42. The van der Waals surface area contributed by atoms with Gasteiger partial charge in [-0.15, -0.1) is 0 Å². The summed E-state index contributed by atoms with van der Waals surface area (Å²) in [5.74, 6) is 1.51. The molecule has 2 N–H and O–H groups in total. The maximum absolute atomic E-state index is 5.71. The van der Waals surface area contributed by atoms with Gasteiger partial charge in [0, 0.05) is 0 Å². The molecule has 0 amide bonds. The lowest BCUT2D eigenvalue weighted by Gasteiger charge is -2.17. The fourth-order valence-corrected chi connectivity index (χ4v) is 2.82. The fourth-order valence-electron chi connectivity index (χ4n) is 2.82. The molecule has 0 aliphatic rings. The summed E-state index contributed by atoms with van der Waals surface area (Å²) in [5, 5.41) is 0. The van der Waals surface area contributed by atoms with Crippen LogP contribution in [0.5, 0.6) is 0 Å². The highest BCUT2D eigenvalue weighted by molar-refractivity contribution is 4.62. The molecule has 0 saturated heterocycles. The Morgan fingerprint density at radius 3 is 1.40 bits per heavy atom. The molecule has 0 bridgehead atoms. The molecule has 0 fully saturated rings. The van der Waals surface area contributed by atoms with Gasteiger partial charge in [-0.25, -0.2) is 0 Å². The summed E-state index contributed by atoms with van der Waals surface area (Å²) >= 11 is 0. The summed E-state index contributed by atoms with van der Waals surface area (Å²) in [7, 11) is 0. The van der Waals surface area contributed by atoms with Gasteiger partial charge in [-0.2, -0.15) is 0 Å². The molecule has 1 heteroatoms. The summed E-state index contributed by atoms with van der Waals surface area (Å²) < 4.78 is 0. The number of nitrogens with two attached hydrogens (primary N) is 1. The van der Waals surface area contributed by atoms with E-state index in [1.807, 2.05) is 0 Å². The molecule has 122 valence electrons. The maximum Gasteiger partial charge on any atom is -0.00490 e. The van der Waals surface area contributed by atoms with E-state index in [2.05, 4.69) is 20.8 Å². The first-order chi connectivity index (χ1) is 9.72. The average molecular weight is 284 g/mol. The van der Waals surface area contributed by atoms with E-state index in [0.29, 0.717) is 5.92 Å². The zero-order chi connectivity index (χ0) is 15.1. The van der Waals surface area contributed by atoms with Crippen molar-refractivity contribution in [2.75, 3.05) is 6.54 Å². The van der Waals surface area contributed by atoms with Crippen LogP contribution in [-0.2, 0) is 0 Å². The van der Waals surface area contributed by atoms with Crippen molar-refractivity contribution in [3.8, 4) is 0 Å². The van der Waals surface area contributed by atoms with Crippen molar-refractivity contribution in [3.63, 3.8) is 0 Å². The molecule has 20 heavy (non-hydrogen) atoms. The Morgan fingerprint density at radius 1 is 0.600 bits per heavy atom. The third kappa shape index (κ3) is 13.0. The summed E-state index contributed by atoms with van der Waals surface area (Å²) in [5.41, 5.74) is 5.71. The molecule has 0 aliphatic heterocycles. The van der Waals surface area contributed by atoms with Crippen LogP contribution in [0.1, 0.15) is 104 Å². The lowest BCUT2D eigenvalue weighted by atomic mass is 9.90. The predicted octanol–water partition coefficient (Wildman–Crippen LogP) is 6.31. The SMILES string of the molecule is CCCCCCCCCCCCCCC(C)C(C)CN. The van der Waals surface area contributed by atoms with Crippen molar-refractivity contribution in [2.45, 2.75) is 104 Å². The zero-order valence-electron chi connectivity index (χ0n) is 14.6. The highest BCUT2D eigenvalue weighted by Gasteiger charge is 2.09. The normalized spacial score (nSPS) is 14.4. The molecule has 2 unspecified atom stereocenters. The summed E-state index contributed by atoms with van der Waals surface area (Å²) in [6, 6.07) is 0. The second kappa shape index (κ2) is 15.4. The minimum absolute atomic E-state index is 0.697. The van der Waals surface area contributed by atoms with E-state index >= 15 is 0 Å². The number of hydrogen-bond donors (Lipinski definition) is 1. The molecule has 0 spiro atoms. The van der Waals surface area contributed by atoms with Gasteiger partial charge < -0.3 is 5.73 Å². The minimum atomic E-state index is 0.697. The molecule has 0 aromatic carbocycles. The largest absolute Gasteiger partial charge is 0.330 e. The molecule has 0 aromatic rings. The van der Waals surface area contributed by atoms with Crippen LogP contribution in [0.25, 0.3) is 0 Å². The van der Waals surface area contributed by atoms with Gasteiger partial charge in [-0.1, -0.05) is 104 Å². The smallest absolute Gasteiger partial charge is 0.00490 e. The first-order valence-corrected chi connectivity index (χ1v) is 9.42. The van der Waals surface area contributed by atoms with Crippen LogP contribution in [0, 0.1) is 11.8 Å². The highest BCUT2D eigenvalue weighted by atomic mass is 14.5. The zero-order valence-corrected chi connectivity index (χ0v) is 14.6. The van der Waals surface area contributed by atoms with Gasteiger partial charge in [0.15, 0.2) is 0 Å². The number of rotatable bonds is 15. The van der Waals surface area contributed by atoms with Crippen LogP contribution in [0.4, 0.5) is 0 Å². The Hall–Kier alpha value is -0.0400.